The fourth-order valence-corrected chi connectivity index (χ4v) is 2.08. The highest BCUT2D eigenvalue weighted by Gasteiger charge is 2.21. The van der Waals surface area contributed by atoms with Gasteiger partial charge in [0.2, 0.25) is 0 Å². The largest absolute Gasteiger partial charge is 0.350 e. The zero-order valence-electron chi connectivity index (χ0n) is 9.28. The standard InChI is InChI=1S/C12H16ClNO2/c1-14-11(8-12-15-5-6-16-12)9-3-2-4-10(13)7-9/h2-4,7,11-12,14H,5-6,8H2,1H3. The molecule has 1 saturated heterocycles. The molecule has 0 saturated carbocycles. The van der Waals surface area contributed by atoms with E-state index in [0.717, 1.165) is 17.0 Å². The Labute approximate surface area is 101 Å². The summed E-state index contributed by atoms with van der Waals surface area (Å²) in [5, 5.41) is 4.01. The molecule has 0 radical (unpaired) electrons. The van der Waals surface area contributed by atoms with Crippen LogP contribution in [0.5, 0.6) is 0 Å². The van der Waals surface area contributed by atoms with Gasteiger partial charge in [-0.25, -0.2) is 0 Å². The molecule has 1 aromatic rings. The third-order valence-electron chi connectivity index (χ3n) is 2.72. The van der Waals surface area contributed by atoms with Gasteiger partial charge in [0.15, 0.2) is 6.29 Å². The maximum Gasteiger partial charge on any atom is 0.159 e. The van der Waals surface area contributed by atoms with Crippen molar-refractivity contribution in [3.63, 3.8) is 0 Å². The van der Waals surface area contributed by atoms with Crippen LogP contribution in [-0.4, -0.2) is 26.6 Å². The van der Waals surface area contributed by atoms with Crippen LogP contribution in [0.3, 0.4) is 0 Å². The van der Waals surface area contributed by atoms with Crippen molar-refractivity contribution < 1.29 is 9.47 Å². The first kappa shape index (κ1) is 11.9. The van der Waals surface area contributed by atoms with E-state index in [1.165, 1.54) is 0 Å². The first-order valence-corrected chi connectivity index (χ1v) is 5.83. The monoisotopic (exact) mass is 241 g/mol. The van der Waals surface area contributed by atoms with Crippen LogP contribution in [0.2, 0.25) is 5.02 Å². The fourth-order valence-electron chi connectivity index (χ4n) is 1.88. The normalized spacial score (nSPS) is 18.9. The quantitative estimate of drug-likeness (QED) is 0.878. The molecule has 1 heterocycles. The molecule has 1 aromatic carbocycles. The van der Waals surface area contributed by atoms with E-state index in [4.69, 9.17) is 21.1 Å². The molecule has 2 rings (SSSR count). The summed E-state index contributed by atoms with van der Waals surface area (Å²) < 4.78 is 10.9. The van der Waals surface area contributed by atoms with E-state index < -0.39 is 0 Å². The van der Waals surface area contributed by atoms with Crippen molar-refractivity contribution in [2.24, 2.45) is 0 Å². The predicted molar refractivity (Wildman–Crippen MR) is 63.6 cm³/mol. The van der Waals surface area contributed by atoms with Crippen molar-refractivity contribution in [2.75, 3.05) is 20.3 Å². The molecule has 1 N–H and O–H groups in total. The molecule has 0 aliphatic carbocycles. The van der Waals surface area contributed by atoms with Crippen molar-refractivity contribution >= 4 is 11.6 Å². The summed E-state index contributed by atoms with van der Waals surface area (Å²) in [4.78, 5) is 0. The summed E-state index contributed by atoms with van der Waals surface area (Å²) >= 11 is 5.97. The van der Waals surface area contributed by atoms with Gasteiger partial charge in [0.05, 0.1) is 13.2 Å². The zero-order valence-corrected chi connectivity index (χ0v) is 10.0. The van der Waals surface area contributed by atoms with Gasteiger partial charge in [0, 0.05) is 17.5 Å². The van der Waals surface area contributed by atoms with E-state index in [2.05, 4.69) is 11.4 Å². The van der Waals surface area contributed by atoms with E-state index in [1.54, 1.807) is 0 Å². The predicted octanol–water partition coefficient (Wildman–Crippen LogP) is 2.36. The van der Waals surface area contributed by atoms with Gasteiger partial charge < -0.3 is 14.8 Å². The lowest BCUT2D eigenvalue weighted by molar-refractivity contribution is -0.0526. The molecule has 3 nitrogen and oxygen atoms in total. The molecular formula is C12H16ClNO2. The van der Waals surface area contributed by atoms with E-state index in [-0.39, 0.29) is 12.3 Å². The summed E-state index contributed by atoms with van der Waals surface area (Å²) in [5.74, 6) is 0. The van der Waals surface area contributed by atoms with E-state index in [1.807, 2.05) is 25.2 Å². The molecular weight excluding hydrogens is 226 g/mol. The molecule has 4 heteroatoms. The van der Waals surface area contributed by atoms with Crippen LogP contribution >= 0.6 is 11.6 Å². The van der Waals surface area contributed by atoms with Crippen molar-refractivity contribution in [3.05, 3.63) is 34.9 Å². The van der Waals surface area contributed by atoms with Gasteiger partial charge in [0.25, 0.3) is 0 Å². The van der Waals surface area contributed by atoms with Gasteiger partial charge in [-0.1, -0.05) is 23.7 Å². The summed E-state index contributed by atoms with van der Waals surface area (Å²) in [5.41, 5.74) is 1.16. The lowest BCUT2D eigenvalue weighted by Crippen LogP contribution is -2.22. The maximum atomic E-state index is 5.97. The second-order valence-corrected chi connectivity index (χ2v) is 4.24. The van der Waals surface area contributed by atoms with Crippen LogP contribution in [0.4, 0.5) is 0 Å². The maximum absolute atomic E-state index is 5.97. The van der Waals surface area contributed by atoms with Gasteiger partial charge in [-0.3, -0.25) is 0 Å². The minimum Gasteiger partial charge on any atom is -0.350 e. The lowest BCUT2D eigenvalue weighted by Gasteiger charge is -2.19. The van der Waals surface area contributed by atoms with Crippen molar-refractivity contribution in [1.82, 2.24) is 5.32 Å². The van der Waals surface area contributed by atoms with E-state index in [9.17, 15) is 0 Å². The Kier molecular flexibility index (Phi) is 4.18. The molecule has 1 unspecified atom stereocenters. The van der Waals surface area contributed by atoms with Gasteiger partial charge in [-0.05, 0) is 24.7 Å². The molecule has 88 valence electrons. The Morgan fingerprint density at radius 1 is 1.44 bits per heavy atom. The van der Waals surface area contributed by atoms with E-state index >= 15 is 0 Å². The number of hydrogen-bond donors (Lipinski definition) is 1. The molecule has 1 atom stereocenters. The second kappa shape index (κ2) is 5.64. The van der Waals surface area contributed by atoms with Crippen molar-refractivity contribution in [1.29, 1.82) is 0 Å². The molecule has 0 bridgehead atoms. The molecule has 1 fully saturated rings. The van der Waals surface area contributed by atoms with Crippen LogP contribution in [0.25, 0.3) is 0 Å². The third kappa shape index (κ3) is 2.95. The Hall–Kier alpha value is -0.610. The van der Waals surface area contributed by atoms with Crippen LogP contribution in [0.1, 0.15) is 18.0 Å². The topological polar surface area (TPSA) is 30.5 Å². The number of ether oxygens (including phenoxy) is 2. The number of hydrogen-bond acceptors (Lipinski definition) is 3. The Balaban J connectivity index is 2.03. The molecule has 0 aromatic heterocycles. The highest BCUT2D eigenvalue weighted by molar-refractivity contribution is 6.30. The number of nitrogens with one attached hydrogen (secondary N) is 1. The van der Waals surface area contributed by atoms with Crippen molar-refractivity contribution in [2.45, 2.75) is 18.8 Å². The van der Waals surface area contributed by atoms with Gasteiger partial charge in [0.1, 0.15) is 0 Å². The van der Waals surface area contributed by atoms with E-state index in [0.29, 0.717) is 13.2 Å². The van der Waals surface area contributed by atoms with Crippen LogP contribution in [-0.2, 0) is 9.47 Å². The summed E-state index contributed by atoms with van der Waals surface area (Å²) in [6.45, 7) is 1.38. The minimum atomic E-state index is -0.101. The molecule has 16 heavy (non-hydrogen) atoms. The summed E-state index contributed by atoms with van der Waals surface area (Å²) in [6, 6.07) is 8.07. The van der Waals surface area contributed by atoms with Gasteiger partial charge >= 0.3 is 0 Å². The Morgan fingerprint density at radius 2 is 2.19 bits per heavy atom. The van der Waals surface area contributed by atoms with Crippen molar-refractivity contribution in [3.8, 4) is 0 Å². The number of benzene rings is 1. The zero-order chi connectivity index (χ0) is 11.4. The first-order valence-electron chi connectivity index (χ1n) is 5.45. The van der Waals surface area contributed by atoms with Crippen LogP contribution < -0.4 is 5.32 Å². The SMILES string of the molecule is CNC(CC1OCCO1)c1cccc(Cl)c1. The highest BCUT2D eigenvalue weighted by Crippen LogP contribution is 2.24. The molecule has 1 aliphatic rings. The van der Waals surface area contributed by atoms with Gasteiger partial charge in [-0.2, -0.15) is 0 Å². The summed E-state index contributed by atoms with van der Waals surface area (Å²) in [7, 11) is 1.93. The van der Waals surface area contributed by atoms with Gasteiger partial charge in [-0.15, -0.1) is 0 Å². The summed E-state index contributed by atoms with van der Waals surface area (Å²) in [6.07, 6.45) is 0.702. The third-order valence-corrected chi connectivity index (χ3v) is 2.95. The number of halogens is 1. The molecule has 0 spiro atoms. The first-order chi connectivity index (χ1) is 7.79. The fraction of sp³-hybridized carbons (Fsp3) is 0.500. The number of rotatable bonds is 4. The second-order valence-electron chi connectivity index (χ2n) is 3.80. The van der Waals surface area contributed by atoms with Crippen LogP contribution in [0.15, 0.2) is 24.3 Å². The molecule has 0 amide bonds. The Bertz CT molecular complexity index is 340. The minimum absolute atomic E-state index is 0.101. The smallest absolute Gasteiger partial charge is 0.159 e. The average molecular weight is 242 g/mol. The van der Waals surface area contributed by atoms with Crippen LogP contribution in [0, 0.1) is 0 Å². The molecule has 1 aliphatic heterocycles. The highest BCUT2D eigenvalue weighted by atomic mass is 35.5. The Morgan fingerprint density at radius 3 is 2.81 bits per heavy atom. The average Bonchev–Trinajstić information content (AvgIpc) is 2.78. The lowest BCUT2D eigenvalue weighted by atomic mass is 10.0.